The van der Waals surface area contributed by atoms with Gasteiger partial charge in [0.05, 0.1) is 5.51 Å². The lowest BCUT2D eigenvalue weighted by Crippen LogP contribution is -2.67. The van der Waals surface area contributed by atoms with E-state index in [0.29, 0.717) is 5.54 Å². The molecule has 1 atom stereocenters. The molecule has 1 aromatic rings. The van der Waals surface area contributed by atoms with Crippen LogP contribution < -0.4 is 5.32 Å². The minimum absolute atomic E-state index is 0.276. The largest absolute Gasteiger partial charge is 0.308 e. The second-order valence-corrected chi connectivity index (χ2v) is 7.49. The molecule has 19 heavy (non-hydrogen) atoms. The maximum Gasteiger partial charge on any atom is 0.0794 e. The maximum atomic E-state index is 4.24. The number of hydrogen-bond acceptors (Lipinski definition) is 4. The highest BCUT2D eigenvalue weighted by Crippen LogP contribution is 2.40. The van der Waals surface area contributed by atoms with Crippen molar-refractivity contribution >= 4 is 11.3 Å². The predicted molar refractivity (Wildman–Crippen MR) is 80.4 cm³/mol. The molecule has 1 saturated heterocycles. The van der Waals surface area contributed by atoms with Crippen molar-refractivity contribution in [1.82, 2.24) is 15.2 Å². The van der Waals surface area contributed by atoms with Gasteiger partial charge in [-0.3, -0.25) is 9.88 Å². The molecule has 2 aliphatic rings. The molecule has 4 heteroatoms. The highest BCUT2D eigenvalue weighted by atomic mass is 32.1. The Labute approximate surface area is 120 Å². The summed E-state index contributed by atoms with van der Waals surface area (Å²) in [5, 5.41) is 3.83. The highest BCUT2D eigenvalue weighted by molar-refractivity contribution is 7.09. The monoisotopic (exact) mass is 279 g/mol. The molecular weight excluding hydrogens is 254 g/mol. The first-order chi connectivity index (χ1) is 9.16. The third-order valence-electron chi connectivity index (χ3n) is 5.20. The van der Waals surface area contributed by atoms with Gasteiger partial charge in [-0.2, -0.15) is 0 Å². The third kappa shape index (κ3) is 2.58. The minimum Gasteiger partial charge on any atom is -0.308 e. The molecule has 1 unspecified atom stereocenters. The average molecular weight is 279 g/mol. The molecule has 0 bridgehead atoms. The fourth-order valence-corrected chi connectivity index (χ4v) is 4.24. The number of rotatable bonds is 3. The number of nitrogens with one attached hydrogen (secondary N) is 1. The molecule has 0 aromatic carbocycles. The first-order valence-corrected chi connectivity index (χ1v) is 8.41. The summed E-state index contributed by atoms with van der Waals surface area (Å²) in [4.78, 5) is 8.40. The van der Waals surface area contributed by atoms with E-state index in [1.54, 1.807) is 11.3 Å². The van der Waals surface area contributed by atoms with Crippen molar-refractivity contribution in [3.63, 3.8) is 0 Å². The van der Waals surface area contributed by atoms with Gasteiger partial charge in [-0.25, -0.2) is 0 Å². The van der Waals surface area contributed by atoms with E-state index < -0.39 is 0 Å². The van der Waals surface area contributed by atoms with Crippen LogP contribution in [0.2, 0.25) is 0 Å². The molecule has 1 aliphatic carbocycles. The molecule has 2 heterocycles. The zero-order chi connectivity index (χ0) is 13.3. The Kier molecular flexibility index (Phi) is 3.67. The molecule has 0 amide bonds. The molecule has 106 valence electrons. The number of nitrogens with zero attached hydrogens (tertiary/aromatic N) is 2. The summed E-state index contributed by atoms with van der Waals surface area (Å²) < 4.78 is 0. The summed E-state index contributed by atoms with van der Waals surface area (Å²) in [5.74, 6) is 0. The van der Waals surface area contributed by atoms with Crippen LogP contribution in [-0.4, -0.2) is 34.1 Å². The summed E-state index contributed by atoms with van der Waals surface area (Å²) >= 11 is 1.79. The summed E-state index contributed by atoms with van der Waals surface area (Å²) in [6.07, 6.45) is 8.74. The van der Waals surface area contributed by atoms with Crippen molar-refractivity contribution in [3.05, 3.63) is 16.6 Å². The number of aromatic nitrogens is 1. The molecule has 0 radical (unpaired) electrons. The SMILES string of the molecule is CCC1(C)CN(Cc2cncs2)C2(CCCC2)CN1. The van der Waals surface area contributed by atoms with Crippen molar-refractivity contribution in [2.24, 2.45) is 0 Å². The fraction of sp³-hybridized carbons (Fsp3) is 0.800. The number of thiazole rings is 1. The predicted octanol–water partition coefficient (Wildman–Crippen LogP) is 3.03. The van der Waals surface area contributed by atoms with Crippen LogP contribution in [0.15, 0.2) is 11.7 Å². The number of piperazine rings is 1. The van der Waals surface area contributed by atoms with Crippen LogP contribution >= 0.6 is 11.3 Å². The van der Waals surface area contributed by atoms with Crippen molar-refractivity contribution in [1.29, 1.82) is 0 Å². The average Bonchev–Trinajstić information content (AvgIpc) is 3.07. The van der Waals surface area contributed by atoms with E-state index in [9.17, 15) is 0 Å². The van der Waals surface area contributed by atoms with Gasteiger partial charge >= 0.3 is 0 Å². The molecule has 2 fully saturated rings. The van der Waals surface area contributed by atoms with Gasteiger partial charge in [0.15, 0.2) is 0 Å². The first-order valence-electron chi connectivity index (χ1n) is 7.53. The first kappa shape index (κ1) is 13.5. The standard InChI is InChI=1S/C15H25N3S/c1-3-14(2)11-18(9-13-8-16-12-19-13)15(10-17-14)6-4-5-7-15/h8,12,17H,3-7,9-11H2,1-2H3. The molecule has 3 nitrogen and oxygen atoms in total. The molecule has 1 spiro atoms. The number of hydrogen-bond donors (Lipinski definition) is 1. The van der Waals surface area contributed by atoms with Crippen LogP contribution in [0.1, 0.15) is 50.8 Å². The quantitative estimate of drug-likeness (QED) is 0.922. The smallest absolute Gasteiger partial charge is 0.0794 e. The summed E-state index contributed by atoms with van der Waals surface area (Å²) in [5.41, 5.74) is 2.65. The molecule has 1 aromatic heterocycles. The lowest BCUT2D eigenvalue weighted by molar-refractivity contribution is 0.00602. The third-order valence-corrected chi connectivity index (χ3v) is 5.96. The normalized spacial score (nSPS) is 31.1. The van der Waals surface area contributed by atoms with Gasteiger partial charge < -0.3 is 5.32 Å². The maximum absolute atomic E-state index is 4.24. The van der Waals surface area contributed by atoms with Crippen LogP contribution in [0.5, 0.6) is 0 Å². The topological polar surface area (TPSA) is 28.2 Å². The van der Waals surface area contributed by atoms with Gasteiger partial charge in [0.1, 0.15) is 0 Å². The lowest BCUT2D eigenvalue weighted by atomic mass is 9.85. The Bertz CT molecular complexity index is 411. The van der Waals surface area contributed by atoms with E-state index in [1.807, 2.05) is 11.7 Å². The molecule has 1 aliphatic heterocycles. The fourth-order valence-electron chi connectivity index (χ4n) is 3.63. The second-order valence-electron chi connectivity index (χ2n) is 6.52. The van der Waals surface area contributed by atoms with Crippen LogP contribution in [0.25, 0.3) is 0 Å². The minimum atomic E-state index is 0.276. The lowest BCUT2D eigenvalue weighted by Gasteiger charge is -2.52. The van der Waals surface area contributed by atoms with E-state index in [0.717, 1.165) is 13.1 Å². The van der Waals surface area contributed by atoms with E-state index in [-0.39, 0.29) is 5.54 Å². The summed E-state index contributed by atoms with van der Waals surface area (Å²) in [7, 11) is 0. The van der Waals surface area contributed by atoms with Gasteiger partial charge in [0, 0.05) is 41.8 Å². The molecule has 3 rings (SSSR count). The van der Waals surface area contributed by atoms with Gasteiger partial charge in [-0.1, -0.05) is 19.8 Å². The Morgan fingerprint density at radius 3 is 2.84 bits per heavy atom. The second kappa shape index (κ2) is 5.15. The molecule has 1 saturated carbocycles. The van der Waals surface area contributed by atoms with Gasteiger partial charge in [-0.15, -0.1) is 11.3 Å². The Morgan fingerprint density at radius 2 is 2.21 bits per heavy atom. The van der Waals surface area contributed by atoms with Gasteiger partial charge in [0.25, 0.3) is 0 Å². The Hall–Kier alpha value is -0.450. The summed E-state index contributed by atoms with van der Waals surface area (Å²) in [6.45, 7) is 8.08. The van der Waals surface area contributed by atoms with Gasteiger partial charge in [0.2, 0.25) is 0 Å². The molecular formula is C15H25N3S. The van der Waals surface area contributed by atoms with Crippen molar-refractivity contribution in [2.45, 2.75) is 63.6 Å². The van der Waals surface area contributed by atoms with Crippen LogP contribution in [0.4, 0.5) is 0 Å². The van der Waals surface area contributed by atoms with E-state index >= 15 is 0 Å². The van der Waals surface area contributed by atoms with Crippen molar-refractivity contribution in [3.8, 4) is 0 Å². The van der Waals surface area contributed by atoms with Gasteiger partial charge in [-0.05, 0) is 26.2 Å². The van der Waals surface area contributed by atoms with Crippen LogP contribution in [0, 0.1) is 0 Å². The molecule has 1 N–H and O–H groups in total. The van der Waals surface area contributed by atoms with E-state index in [1.165, 1.54) is 43.5 Å². The van der Waals surface area contributed by atoms with Crippen LogP contribution in [-0.2, 0) is 6.54 Å². The van der Waals surface area contributed by atoms with Crippen molar-refractivity contribution < 1.29 is 0 Å². The Morgan fingerprint density at radius 1 is 1.42 bits per heavy atom. The highest BCUT2D eigenvalue weighted by Gasteiger charge is 2.46. The zero-order valence-corrected chi connectivity index (χ0v) is 12.9. The van der Waals surface area contributed by atoms with E-state index in [4.69, 9.17) is 0 Å². The Balaban J connectivity index is 1.81. The zero-order valence-electron chi connectivity index (χ0n) is 12.1. The van der Waals surface area contributed by atoms with Crippen molar-refractivity contribution in [2.75, 3.05) is 13.1 Å². The van der Waals surface area contributed by atoms with E-state index in [2.05, 4.69) is 29.0 Å². The van der Waals surface area contributed by atoms with Crippen LogP contribution in [0.3, 0.4) is 0 Å². The summed E-state index contributed by atoms with van der Waals surface area (Å²) in [6, 6.07) is 0.